The zero-order valence-corrected chi connectivity index (χ0v) is 11.7. The molecule has 0 fully saturated rings. The monoisotopic (exact) mass is 335 g/mol. The first-order valence-electron chi connectivity index (χ1n) is 6.18. The lowest BCUT2D eigenvalue weighted by molar-refractivity contribution is -0.386. The molecule has 2 aromatic rings. The summed E-state index contributed by atoms with van der Waals surface area (Å²) >= 11 is 0. The number of hydrogen-bond acceptors (Lipinski definition) is 9. The number of rotatable bonds is 4. The molecule has 1 aromatic heterocycles. The molecule has 1 heterocycles. The van der Waals surface area contributed by atoms with Crippen LogP contribution in [0.15, 0.2) is 34.9 Å². The van der Waals surface area contributed by atoms with Gasteiger partial charge in [0.15, 0.2) is 5.75 Å². The summed E-state index contributed by atoms with van der Waals surface area (Å²) in [6, 6.07) is 4.28. The predicted octanol–water partition coefficient (Wildman–Crippen LogP) is 0.494. The van der Waals surface area contributed by atoms with Crippen LogP contribution in [-0.4, -0.2) is 27.9 Å². The summed E-state index contributed by atoms with van der Waals surface area (Å²) in [5.41, 5.74) is -0.928. The topological polar surface area (TPSA) is 175 Å². The predicted molar refractivity (Wildman–Crippen MR) is 74.9 cm³/mol. The molecule has 24 heavy (non-hydrogen) atoms. The number of carbonyl (C=O) groups excluding carboxylic acids is 3. The van der Waals surface area contributed by atoms with Gasteiger partial charge in [-0.2, -0.15) is 0 Å². The summed E-state index contributed by atoms with van der Waals surface area (Å²) in [5, 5.41) is 20.6. The maximum atomic E-state index is 12.1. The van der Waals surface area contributed by atoms with E-state index in [1.165, 1.54) is 18.4 Å². The fourth-order valence-electron chi connectivity index (χ4n) is 1.82. The van der Waals surface area contributed by atoms with Gasteiger partial charge in [0, 0.05) is 0 Å². The van der Waals surface area contributed by atoms with Gasteiger partial charge in [-0.05, 0) is 24.3 Å². The minimum absolute atomic E-state index is 0.290. The van der Waals surface area contributed by atoms with E-state index in [0.29, 0.717) is 0 Å². The third kappa shape index (κ3) is 3.05. The number of nitro groups is 1. The van der Waals surface area contributed by atoms with Crippen molar-refractivity contribution in [3.63, 3.8) is 0 Å². The van der Waals surface area contributed by atoms with Crippen molar-refractivity contribution in [1.29, 1.82) is 0 Å². The normalized spacial score (nSPS) is 10.0. The Morgan fingerprint density at radius 3 is 2.50 bits per heavy atom. The zero-order valence-electron chi connectivity index (χ0n) is 11.7. The average Bonchev–Trinajstić information content (AvgIpc) is 3.07. The van der Waals surface area contributed by atoms with Crippen molar-refractivity contribution in [2.45, 2.75) is 0 Å². The number of phenols is 1. The molecule has 0 aliphatic rings. The van der Waals surface area contributed by atoms with E-state index in [-0.39, 0.29) is 5.76 Å². The number of nitrogen functional groups attached to an aromatic ring is 1. The van der Waals surface area contributed by atoms with Crippen LogP contribution in [0.4, 0.5) is 5.69 Å². The standard InChI is InChI=1S/C13H9N3O8/c14-15-11(18)9-6(3-4-7(17)10(9)16(21)22)12(19)24-13(20)8-2-1-5-23-8/h1-5,17H,14H2,(H,15,18). The second-order valence-corrected chi connectivity index (χ2v) is 4.24. The molecule has 11 heteroatoms. The first kappa shape index (κ1) is 16.6. The Labute approximate surface area is 132 Å². The molecule has 1 aromatic carbocycles. The number of furan rings is 1. The van der Waals surface area contributed by atoms with Crippen LogP contribution in [0, 0.1) is 10.1 Å². The number of nitrogens with one attached hydrogen (secondary N) is 1. The average molecular weight is 335 g/mol. The fraction of sp³-hybridized carbons (Fsp3) is 0. The van der Waals surface area contributed by atoms with Gasteiger partial charge >= 0.3 is 17.6 Å². The second kappa shape index (κ2) is 6.58. The maximum absolute atomic E-state index is 12.1. The SMILES string of the molecule is NNC(=O)c1c(C(=O)OC(=O)c2ccco2)ccc(O)c1[N+](=O)[O-]. The van der Waals surface area contributed by atoms with Crippen LogP contribution in [0.25, 0.3) is 0 Å². The van der Waals surface area contributed by atoms with Gasteiger partial charge in [0.1, 0.15) is 5.56 Å². The summed E-state index contributed by atoms with van der Waals surface area (Å²) < 4.78 is 9.23. The molecule has 0 saturated carbocycles. The maximum Gasteiger partial charge on any atom is 0.382 e. The van der Waals surface area contributed by atoms with Crippen molar-refractivity contribution < 1.29 is 33.6 Å². The number of carbonyl (C=O) groups is 3. The Balaban J connectivity index is 2.47. The molecule has 11 nitrogen and oxygen atoms in total. The number of benzene rings is 1. The van der Waals surface area contributed by atoms with Crippen LogP contribution in [0.3, 0.4) is 0 Å². The van der Waals surface area contributed by atoms with E-state index >= 15 is 0 Å². The third-order valence-electron chi connectivity index (χ3n) is 2.83. The number of esters is 2. The Bertz CT molecular complexity index is 828. The second-order valence-electron chi connectivity index (χ2n) is 4.24. The number of hydrazine groups is 1. The van der Waals surface area contributed by atoms with Gasteiger partial charge in [-0.1, -0.05) is 0 Å². The lowest BCUT2D eigenvalue weighted by Gasteiger charge is -2.08. The molecule has 124 valence electrons. The summed E-state index contributed by atoms with van der Waals surface area (Å²) in [6.07, 6.45) is 1.17. The lowest BCUT2D eigenvalue weighted by atomic mass is 10.0. The zero-order chi connectivity index (χ0) is 17.9. The van der Waals surface area contributed by atoms with Gasteiger partial charge in [0.25, 0.3) is 5.91 Å². The largest absolute Gasteiger partial charge is 0.502 e. The number of amides is 1. The van der Waals surface area contributed by atoms with Crippen molar-refractivity contribution in [2.75, 3.05) is 0 Å². The lowest BCUT2D eigenvalue weighted by Crippen LogP contribution is -2.32. The third-order valence-corrected chi connectivity index (χ3v) is 2.83. The van der Waals surface area contributed by atoms with Gasteiger partial charge < -0.3 is 14.3 Å². The van der Waals surface area contributed by atoms with Gasteiger partial charge in [0.05, 0.1) is 16.7 Å². The smallest absolute Gasteiger partial charge is 0.382 e. The molecule has 0 atom stereocenters. The number of nitrogens with zero attached hydrogens (tertiary/aromatic N) is 1. The molecule has 0 aliphatic heterocycles. The van der Waals surface area contributed by atoms with Crippen LogP contribution >= 0.6 is 0 Å². The van der Waals surface area contributed by atoms with Gasteiger partial charge in [-0.15, -0.1) is 0 Å². The van der Waals surface area contributed by atoms with Crippen LogP contribution in [0.1, 0.15) is 31.3 Å². The van der Waals surface area contributed by atoms with Gasteiger partial charge in [0.2, 0.25) is 5.76 Å². The van der Waals surface area contributed by atoms with E-state index in [0.717, 1.165) is 12.1 Å². The number of nitrogens with two attached hydrogens (primary N) is 1. The Morgan fingerprint density at radius 1 is 1.25 bits per heavy atom. The summed E-state index contributed by atoms with van der Waals surface area (Å²) in [7, 11) is 0. The number of aromatic hydroxyl groups is 1. The molecular formula is C13H9N3O8. The van der Waals surface area contributed by atoms with E-state index in [9.17, 15) is 29.6 Å². The van der Waals surface area contributed by atoms with Crippen LogP contribution in [0.2, 0.25) is 0 Å². The minimum Gasteiger partial charge on any atom is -0.502 e. The molecule has 4 N–H and O–H groups in total. The molecule has 1 amide bonds. The summed E-state index contributed by atoms with van der Waals surface area (Å²) in [4.78, 5) is 45.5. The van der Waals surface area contributed by atoms with E-state index in [4.69, 9.17) is 10.3 Å². The van der Waals surface area contributed by atoms with Crippen molar-refractivity contribution in [1.82, 2.24) is 5.43 Å². The highest BCUT2D eigenvalue weighted by Crippen LogP contribution is 2.32. The van der Waals surface area contributed by atoms with Crippen molar-refractivity contribution in [3.8, 4) is 5.75 Å². The molecule has 0 unspecified atom stereocenters. The first-order chi connectivity index (χ1) is 11.4. The van der Waals surface area contributed by atoms with Crippen LogP contribution in [0.5, 0.6) is 5.75 Å². The Kier molecular flexibility index (Phi) is 4.56. The molecule has 0 saturated heterocycles. The molecule has 2 rings (SSSR count). The van der Waals surface area contributed by atoms with E-state index in [2.05, 4.69) is 4.74 Å². The Morgan fingerprint density at radius 2 is 1.96 bits per heavy atom. The molecular weight excluding hydrogens is 326 g/mol. The van der Waals surface area contributed by atoms with Gasteiger partial charge in [-0.25, -0.2) is 15.4 Å². The number of nitro benzene ring substituents is 1. The molecule has 0 bridgehead atoms. The summed E-state index contributed by atoms with van der Waals surface area (Å²) in [5.74, 6) is 0.0179. The number of ether oxygens (including phenoxy) is 1. The molecule has 0 radical (unpaired) electrons. The molecule has 0 aliphatic carbocycles. The van der Waals surface area contributed by atoms with Gasteiger partial charge in [-0.3, -0.25) is 20.3 Å². The highest BCUT2D eigenvalue weighted by atomic mass is 16.6. The summed E-state index contributed by atoms with van der Waals surface area (Å²) in [6.45, 7) is 0. The van der Waals surface area contributed by atoms with E-state index < -0.39 is 45.3 Å². The molecule has 0 spiro atoms. The van der Waals surface area contributed by atoms with Crippen molar-refractivity contribution in [3.05, 3.63) is 57.5 Å². The number of hydrogen-bond donors (Lipinski definition) is 3. The quantitative estimate of drug-likeness (QED) is 0.179. The highest BCUT2D eigenvalue weighted by molar-refractivity contribution is 6.11. The highest BCUT2D eigenvalue weighted by Gasteiger charge is 2.32. The fourth-order valence-corrected chi connectivity index (χ4v) is 1.82. The van der Waals surface area contributed by atoms with Crippen molar-refractivity contribution >= 4 is 23.5 Å². The van der Waals surface area contributed by atoms with Crippen LogP contribution < -0.4 is 11.3 Å². The minimum atomic E-state index is -1.36. The van der Waals surface area contributed by atoms with Crippen molar-refractivity contribution in [2.24, 2.45) is 5.84 Å². The van der Waals surface area contributed by atoms with E-state index in [1.807, 2.05) is 0 Å². The van der Waals surface area contributed by atoms with E-state index in [1.54, 1.807) is 5.43 Å². The van der Waals surface area contributed by atoms with Crippen LogP contribution in [-0.2, 0) is 4.74 Å². The Hall–Kier alpha value is -3.73. The first-order valence-corrected chi connectivity index (χ1v) is 6.18. The number of phenolic OH excluding ortho intramolecular Hbond substituents is 1.